The number of ether oxygens (including phenoxy) is 2. The van der Waals surface area contributed by atoms with Gasteiger partial charge in [-0.05, 0) is 48.9 Å². The summed E-state index contributed by atoms with van der Waals surface area (Å²) in [4.78, 5) is 54.2. The van der Waals surface area contributed by atoms with Gasteiger partial charge in [-0.2, -0.15) is 13.2 Å². The van der Waals surface area contributed by atoms with Gasteiger partial charge in [-0.25, -0.2) is 13.1 Å². The molecule has 7 atom stereocenters. The standard InChI is InChI=1S/C32H50F3N5O8S/c1-9-19(4)27(39(6)30(43)26(36)18(2)3)24(47-7)17-25(41)40-16-10-11-23(40)28(48-8)20(5)29(42)38-49(45,46)22-14-12-21(13-15-22)37-31(44)32(33,34)35/h12-15,18-20,23-24,26-28H,9-11,16-17,36H2,1-8H3,(H,37,44)(H,38,42)/t19?,20?,23-,24?,26?,27?,28?/m0/s1. The van der Waals surface area contributed by atoms with Crippen molar-refractivity contribution in [3.8, 4) is 0 Å². The van der Waals surface area contributed by atoms with Crippen LogP contribution in [0.15, 0.2) is 29.2 Å². The Balaban J connectivity index is 2.21. The largest absolute Gasteiger partial charge is 0.471 e. The first-order valence-electron chi connectivity index (χ1n) is 16.1. The van der Waals surface area contributed by atoms with Gasteiger partial charge in [0.25, 0.3) is 10.0 Å². The van der Waals surface area contributed by atoms with Crippen molar-refractivity contribution in [1.82, 2.24) is 14.5 Å². The number of amides is 4. The third kappa shape index (κ3) is 10.6. The third-order valence-electron chi connectivity index (χ3n) is 9.18. The summed E-state index contributed by atoms with van der Waals surface area (Å²) in [6.45, 7) is 9.49. The summed E-state index contributed by atoms with van der Waals surface area (Å²) >= 11 is 0. The maximum absolute atomic E-state index is 13.8. The highest BCUT2D eigenvalue weighted by Gasteiger charge is 2.43. The molecule has 0 spiro atoms. The highest BCUT2D eigenvalue weighted by molar-refractivity contribution is 7.90. The normalized spacial score (nSPS) is 19.0. The minimum absolute atomic E-state index is 0.0346. The van der Waals surface area contributed by atoms with Gasteiger partial charge in [-0.15, -0.1) is 0 Å². The molecule has 0 radical (unpaired) electrons. The molecule has 4 N–H and O–H groups in total. The second-order valence-electron chi connectivity index (χ2n) is 12.8. The minimum Gasteiger partial charge on any atom is -0.379 e. The molecule has 2 rings (SSSR count). The fraction of sp³-hybridized carbons (Fsp3) is 0.688. The lowest BCUT2D eigenvalue weighted by Crippen LogP contribution is -2.56. The number of benzene rings is 1. The third-order valence-corrected chi connectivity index (χ3v) is 10.5. The zero-order valence-electron chi connectivity index (χ0n) is 29.2. The van der Waals surface area contributed by atoms with E-state index in [1.807, 2.05) is 32.4 Å². The molecule has 278 valence electrons. The summed E-state index contributed by atoms with van der Waals surface area (Å²) in [6, 6.07) is 2.04. The molecular formula is C32H50F3N5O8S. The first kappa shape index (κ1) is 41.9. The van der Waals surface area contributed by atoms with Gasteiger partial charge in [-0.1, -0.05) is 41.0 Å². The number of carbonyl (C=O) groups excluding carboxylic acids is 4. The van der Waals surface area contributed by atoms with Crippen molar-refractivity contribution in [1.29, 1.82) is 0 Å². The number of halogens is 3. The molecule has 0 aromatic heterocycles. The Bertz CT molecular complexity index is 1410. The molecule has 0 aliphatic carbocycles. The number of methoxy groups -OCH3 is 2. The van der Waals surface area contributed by atoms with Gasteiger partial charge in [0, 0.05) is 33.5 Å². The van der Waals surface area contributed by atoms with E-state index >= 15 is 0 Å². The number of anilines is 1. The van der Waals surface area contributed by atoms with Gasteiger partial charge in [-0.3, -0.25) is 19.2 Å². The first-order chi connectivity index (χ1) is 22.7. The molecular weight excluding hydrogens is 671 g/mol. The monoisotopic (exact) mass is 721 g/mol. The molecule has 1 aliphatic heterocycles. The Labute approximate surface area is 286 Å². The van der Waals surface area contributed by atoms with Crippen LogP contribution >= 0.6 is 0 Å². The van der Waals surface area contributed by atoms with Crippen molar-refractivity contribution >= 4 is 39.3 Å². The Morgan fingerprint density at radius 2 is 1.65 bits per heavy atom. The van der Waals surface area contributed by atoms with Crippen molar-refractivity contribution in [2.24, 2.45) is 23.5 Å². The van der Waals surface area contributed by atoms with E-state index in [4.69, 9.17) is 15.2 Å². The van der Waals surface area contributed by atoms with Crippen LogP contribution in [0, 0.1) is 17.8 Å². The van der Waals surface area contributed by atoms with Crippen molar-refractivity contribution in [2.45, 2.75) is 102 Å². The first-order valence-corrected chi connectivity index (χ1v) is 17.6. The number of likely N-dealkylation sites (N-methyl/N-ethyl adjacent to an activating group) is 1. The van der Waals surface area contributed by atoms with E-state index in [9.17, 15) is 40.8 Å². The lowest BCUT2D eigenvalue weighted by molar-refractivity contribution is -0.167. The Morgan fingerprint density at radius 1 is 1.06 bits per heavy atom. The Kier molecular flexibility index (Phi) is 15.0. The Hall–Kier alpha value is -3.28. The summed E-state index contributed by atoms with van der Waals surface area (Å²) in [5.74, 6) is -4.87. The number of rotatable bonds is 16. The van der Waals surface area contributed by atoms with Crippen LogP contribution in [0.4, 0.5) is 18.9 Å². The van der Waals surface area contributed by atoms with Gasteiger partial charge in [0.15, 0.2) is 0 Å². The van der Waals surface area contributed by atoms with E-state index < -0.39 is 69.2 Å². The number of nitrogens with two attached hydrogens (primary N) is 1. The summed E-state index contributed by atoms with van der Waals surface area (Å²) in [5, 5.41) is 1.61. The number of alkyl halides is 3. The molecule has 1 fully saturated rings. The van der Waals surface area contributed by atoms with Gasteiger partial charge in [0.05, 0.1) is 47.6 Å². The van der Waals surface area contributed by atoms with Crippen LogP contribution in [0.3, 0.4) is 0 Å². The van der Waals surface area contributed by atoms with Gasteiger partial charge in [0.1, 0.15) is 0 Å². The number of sulfonamides is 1. The zero-order valence-corrected chi connectivity index (χ0v) is 30.1. The van der Waals surface area contributed by atoms with Crippen LogP contribution in [0.1, 0.15) is 60.3 Å². The van der Waals surface area contributed by atoms with Crippen LogP contribution in [0.2, 0.25) is 0 Å². The molecule has 6 unspecified atom stereocenters. The molecule has 0 saturated carbocycles. The summed E-state index contributed by atoms with van der Waals surface area (Å²) in [7, 11) is 0.0238. The number of nitrogens with one attached hydrogen (secondary N) is 2. The lowest BCUT2D eigenvalue weighted by Gasteiger charge is -2.40. The number of nitrogens with zero attached hydrogens (tertiary/aromatic N) is 2. The molecule has 13 nitrogen and oxygen atoms in total. The zero-order chi connectivity index (χ0) is 37.4. The summed E-state index contributed by atoms with van der Waals surface area (Å²) in [6.07, 6.45) is -4.98. The molecule has 0 bridgehead atoms. The molecule has 1 aromatic rings. The molecule has 1 heterocycles. The molecule has 4 amide bonds. The smallest absolute Gasteiger partial charge is 0.379 e. The average Bonchev–Trinajstić information content (AvgIpc) is 3.52. The number of hydrogen-bond donors (Lipinski definition) is 3. The van der Waals surface area contributed by atoms with E-state index in [1.165, 1.54) is 21.1 Å². The maximum atomic E-state index is 13.8. The number of carbonyl (C=O) groups is 4. The van der Waals surface area contributed by atoms with E-state index in [1.54, 1.807) is 22.2 Å². The van der Waals surface area contributed by atoms with Crippen LogP contribution in [0.5, 0.6) is 0 Å². The number of likely N-dealkylation sites (tertiary alicyclic amines) is 1. The van der Waals surface area contributed by atoms with Crippen LogP contribution in [-0.2, 0) is 38.7 Å². The predicted molar refractivity (Wildman–Crippen MR) is 175 cm³/mol. The van der Waals surface area contributed by atoms with Crippen LogP contribution in [0.25, 0.3) is 0 Å². The topological polar surface area (TPSA) is 177 Å². The van der Waals surface area contributed by atoms with Gasteiger partial charge >= 0.3 is 12.1 Å². The van der Waals surface area contributed by atoms with E-state index in [-0.39, 0.29) is 35.8 Å². The van der Waals surface area contributed by atoms with Gasteiger partial charge in [0.2, 0.25) is 17.7 Å². The molecule has 17 heteroatoms. The minimum atomic E-state index is -5.13. The molecule has 49 heavy (non-hydrogen) atoms. The van der Waals surface area contributed by atoms with Crippen LogP contribution < -0.4 is 15.8 Å². The molecule has 1 aliphatic rings. The van der Waals surface area contributed by atoms with Crippen molar-refractivity contribution in [3.63, 3.8) is 0 Å². The molecule has 1 saturated heterocycles. The van der Waals surface area contributed by atoms with Crippen molar-refractivity contribution < 1.29 is 50.2 Å². The summed E-state index contributed by atoms with van der Waals surface area (Å²) in [5.41, 5.74) is 5.87. The van der Waals surface area contributed by atoms with Crippen LogP contribution in [-0.4, -0.2) is 106 Å². The van der Waals surface area contributed by atoms with Crippen molar-refractivity contribution in [3.05, 3.63) is 24.3 Å². The van der Waals surface area contributed by atoms with Crippen molar-refractivity contribution in [2.75, 3.05) is 33.1 Å². The maximum Gasteiger partial charge on any atom is 0.471 e. The fourth-order valence-corrected chi connectivity index (χ4v) is 7.09. The lowest BCUT2D eigenvalue weighted by atomic mass is 9.89. The Morgan fingerprint density at radius 3 is 2.14 bits per heavy atom. The van der Waals surface area contributed by atoms with Gasteiger partial charge < -0.3 is 30.3 Å². The predicted octanol–water partition coefficient (Wildman–Crippen LogP) is 2.90. The number of hydrogen-bond acceptors (Lipinski definition) is 9. The second-order valence-corrected chi connectivity index (χ2v) is 14.5. The molecule has 1 aromatic carbocycles. The van der Waals surface area contributed by atoms with E-state index in [0.29, 0.717) is 25.8 Å². The average molecular weight is 722 g/mol. The fourth-order valence-electron chi connectivity index (χ4n) is 6.03. The van der Waals surface area contributed by atoms with E-state index in [0.717, 1.165) is 24.3 Å². The quantitative estimate of drug-likeness (QED) is 0.232. The SMILES string of the molecule is CCC(C)C(C(CC(=O)N1CCC[C@H]1C(OC)C(C)C(=O)NS(=O)(=O)c1ccc(NC(=O)C(F)(F)F)cc1)OC)N(C)C(=O)C(N)C(C)C. The summed E-state index contributed by atoms with van der Waals surface area (Å²) < 4.78 is 77.0. The second kappa shape index (κ2) is 17.6. The highest BCUT2D eigenvalue weighted by atomic mass is 32.2. The highest BCUT2D eigenvalue weighted by Crippen LogP contribution is 2.30. The van der Waals surface area contributed by atoms with E-state index in [2.05, 4.69) is 0 Å².